The molecular weight excluding hydrogens is 280 g/mol. The van der Waals surface area contributed by atoms with Crippen LogP contribution >= 0.6 is 15.9 Å². The van der Waals surface area contributed by atoms with Gasteiger partial charge in [-0.2, -0.15) is 0 Å². The Labute approximate surface area is 110 Å². The zero-order chi connectivity index (χ0) is 12.3. The van der Waals surface area contributed by atoms with E-state index in [2.05, 4.69) is 45.1 Å². The molecule has 4 heteroatoms. The Balaban J connectivity index is 1.85. The summed E-state index contributed by atoms with van der Waals surface area (Å²) in [6.45, 7) is 2.88. The maximum atomic E-state index is 11.1. The average molecular weight is 297 g/mol. The predicted molar refractivity (Wildman–Crippen MR) is 71.3 cm³/mol. The van der Waals surface area contributed by atoms with Gasteiger partial charge in [-0.05, 0) is 43.6 Å². The van der Waals surface area contributed by atoms with Gasteiger partial charge >= 0.3 is 0 Å². The summed E-state index contributed by atoms with van der Waals surface area (Å²) in [5.41, 5.74) is 6.63. The Morgan fingerprint density at radius 3 is 2.41 bits per heavy atom. The molecule has 0 radical (unpaired) electrons. The van der Waals surface area contributed by atoms with Crippen molar-refractivity contribution in [2.75, 3.05) is 13.1 Å². The van der Waals surface area contributed by atoms with Gasteiger partial charge in [0.05, 0.1) is 0 Å². The number of rotatable bonds is 3. The number of hydrogen-bond acceptors (Lipinski definition) is 2. The van der Waals surface area contributed by atoms with Gasteiger partial charge < -0.3 is 5.73 Å². The average Bonchev–Trinajstić information content (AvgIpc) is 2.33. The van der Waals surface area contributed by atoms with Crippen LogP contribution in [0.15, 0.2) is 28.7 Å². The predicted octanol–water partition coefficient (Wildman–Crippen LogP) is 2.15. The van der Waals surface area contributed by atoms with E-state index >= 15 is 0 Å². The third kappa shape index (κ3) is 3.54. The molecule has 0 spiro atoms. The van der Waals surface area contributed by atoms with Crippen molar-refractivity contribution in [1.82, 2.24) is 4.90 Å². The molecule has 1 aromatic rings. The van der Waals surface area contributed by atoms with Crippen molar-refractivity contribution in [3.05, 3.63) is 34.3 Å². The molecule has 1 heterocycles. The Bertz CT molecular complexity index is 383. The van der Waals surface area contributed by atoms with Crippen LogP contribution in [-0.4, -0.2) is 23.9 Å². The topological polar surface area (TPSA) is 46.3 Å². The van der Waals surface area contributed by atoms with E-state index < -0.39 is 0 Å². The standard InChI is InChI=1S/C13H17BrN2O/c14-12-3-1-10(2-4-12)9-16-7-5-11(6-8-16)13(15)17/h1-4,11H,5-9H2,(H2,15,17). The van der Waals surface area contributed by atoms with Crippen LogP contribution in [0.25, 0.3) is 0 Å². The van der Waals surface area contributed by atoms with E-state index in [-0.39, 0.29) is 11.8 Å². The molecule has 2 N–H and O–H groups in total. The molecule has 1 aliphatic heterocycles. The number of piperidine rings is 1. The summed E-state index contributed by atoms with van der Waals surface area (Å²) in [6, 6.07) is 8.38. The lowest BCUT2D eigenvalue weighted by atomic mass is 9.96. The van der Waals surface area contributed by atoms with Gasteiger partial charge in [0, 0.05) is 16.9 Å². The lowest BCUT2D eigenvalue weighted by Crippen LogP contribution is -2.38. The van der Waals surface area contributed by atoms with Gasteiger partial charge in [0.25, 0.3) is 0 Å². The second-order valence-corrected chi connectivity index (χ2v) is 5.49. The van der Waals surface area contributed by atoms with Crippen LogP contribution in [0.2, 0.25) is 0 Å². The first-order valence-corrected chi connectivity index (χ1v) is 6.70. The van der Waals surface area contributed by atoms with E-state index in [0.717, 1.165) is 36.9 Å². The second kappa shape index (κ2) is 5.65. The highest BCUT2D eigenvalue weighted by molar-refractivity contribution is 9.10. The minimum absolute atomic E-state index is 0.0798. The van der Waals surface area contributed by atoms with Gasteiger partial charge in [-0.25, -0.2) is 0 Å². The van der Waals surface area contributed by atoms with E-state index in [9.17, 15) is 4.79 Å². The highest BCUT2D eigenvalue weighted by Gasteiger charge is 2.22. The van der Waals surface area contributed by atoms with E-state index in [0.29, 0.717) is 0 Å². The minimum atomic E-state index is -0.145. The van der Waals surface area contributed by atoms with Gasteiger partial charge in [0.15, 0.2) is 0 Å². The van der Waals surface area contributed by atoms with Gasteiger partial charge in [0.1, 0.15) is 0 Å². The first kappa shape index (κ1) is 12.6. The van der Waals surface area contributed by atoms with Crippen LogP contribution in [0.5, 0.6) is 0 Å². The lowest BCUT2D eigenvalue weighted by molar-refractivity contribution is -0.123. The Morgan fingerprint density at radius 2 is 1.88 bits per heavy atom. The largest absolute Gasteiger partial charge is 0.369 e. The number of nitrogens with two attached hydrogens (primary N) is 1. The third-order valence-corrected chi connectivity index (χ3v) is 3.84. The van der Waals surface area contributed by atoms with Crippen molar-refractivity contribution in [2.45, 2.75) is 19.4 Å². The number of primary amides is 1. The van der Waals surface area contributed by atoms with Gasteiger partial charge in [0.2, 0.25) is 5.91 Å². The van der Waals surface area contributed by atoms with Crippen LogP contribution < -0.4 is 5.73 Å². The molecule has 0 unspecified atom stereocenters. The molecule has 1 aliphatic rings. The Morgan fingerprint density at radius 1 is 1.29 bits per heavy atom. The SMILES string of the molecule is NC(=O)C1CCN(Cc2ccc(Br)cc2)CC1. The van der Waals surface area contributed by atoms with Gasteiger partial charge in [-0.15, -0.1) is 0 Å². The highest BCUT2D eigenvalue weighted by Crippen LogP contribution is 2.19. The van der Waals surface area contributed by atoms with Gasteiger partial charge in [-0.3, -0.25) is 9.69 Å². The second-order valence-electron chi connectivity index (χ2n) is 4.58. The van der Waals surface area contributed by atoms with Crippen molar-refractivity contribution >= 4 is 21.8 Å². The fourth-order valence-electron chi connectivity index (χ4n) is 2.22. The summed E-state index contributed by atoms with van der Waals surface area (Å²) in [6.07, 6.45) is 1.79. The number of nitrogens with zero attached hydrogens (tertiary/aromatic N) is 1. The van der Waals surface area contributed by atoms with E-state index in [1.807, 2.05) is 0 Å². The summed E-state index contributed by atoms with van der Waals surface area (Å²) in [5.74, 6) is -0.0653. The molecule has 0 aliphatic carbocycles. The molecule has 92 valence electrons. The molecule has 1 fully saturated rings. The summed E-state index contributed by atoms with van der Waals surface area (Å²) >= 11 is 3.43. The van der Waals surface area contributed by atoms with Crippen LogP contribution in [0, 0.1) is 5.92 Å². The normalized spacial score (nSPS) is 18.2. The van der Waals surface area contributed by atoms with Crippen molar-refractivity contribution in [3.63, 3.8) is 0 Å². The van der Waals surface area contributed by atoms with Crippen molar-refractivity contribution in [1.29, 1.82) is 0 Å². The fraction of sp³-hybridized carbons (Fsp3) is 0.462. The Hall–Kier alpha value is -0.870. The van der Waals surface area contributed by atoms with Crippen LogP contribution in [0.3, 0.4) is 0 Å². The third-order valence-electron chi connectivity index (χ3n) is 3.31. The molecule has 1 amide bonds. The zero-order valence-corrected chi connectivity index (χ0v) is 11.3. The maximum Gasteiger partial charge on any atom is 0.220 e. The number of carbonyl (C=O) groups is 1. The molecule has 0 atom stereocenters. The summed E-state index contributed by atoms with van der Waals surface area (Å²) in [7, 11) is 0. The number of benzene rings is 1. The van der Waals surface area contributed by atoms with Crippen LogP contribution in [0.1, 0.15) is 18.4 Å². The van der Waals surface area contributed by atoms with Crippen molar-refractivity contribution in [2.24, 2.45) is 11.7 Å². The van der Waals surface area contributed by atoms with Crippen LogP contribution in [-0.2, 0) is 11.3 Å². The van der Waals surface area contributed by atoms with Crippen molar-refractivity contribution < 1.29 is 4.79 Å². The summed E-state index contributed by atoms with van der Waals surface area (Å²) in [5, 5.41) is 0. The van der Waals surface area contributed by atoms with Crippen LogP contribution in [0.4, 0.5) is 0 Å². The minimum Gasteiger partial charge on any atom is -0.369 e. The zero-order valence-electron chi connectivity index (χ0n) is 9.73. The molecule has 17 heavy (non-hydrogen) atoms. The molecule has 0 saturated carbocycles. The number of likely N-dealkylation sites (tertiary alicyclic amines) is 1. The summed E-state index contributed by atoms with van der Waals surface area (Å²) in [4.78, 5) is 13.4. The molecule has 2 rings (SSSR count). The first-order valence-electron chi connectivity index (χ1n) is 5.91. The molecule has 0 aromatic heterocycles. The first-order chi connectivity index (χ1) is 8.15. The lowest BCUT2D eigenvalue weighted by Gasteiger charge is -2.30. The molecule has 0 bridgehead atoms. The number of carbonyl (C=O) groups excluding carboxylic acids is 1. The smallest absolute Gasteiger partial charge is 0.220 e. The Kier molecular flexibility index (Phi) is 4.18. The monoisotopic (exact) mass is 296 g/mol. The quantitative estimate of drug-likeness (QED) is 0.929. The van der Waals surface area contributed by atoms with E-state index in [1.165, 1.54) is 5.56 Å². The van der Waals surface area contributed by atoms with E-state index in [4.69, 9.17) is 5.73 Å². The number of amides is 1. The van der Waals surface area contributed by atoms with Gasteiger partial charge in [-0.1, -0.05) is 28.1 Å². The van der Waals surface area contributed by atoms with E-state index in [1.54, 1.807) is 0 Å². The molecule has 3 nitrogen and oxygen atoms in total. The number of halogens is 1. The molecule has 1 aromatic carbocycles. The highest BCUT2D eigenvalue weighted by atomic mass is 79.9. The summed E-state index contributed by atoms with van der Waals surface area (Å²) < 4.78 is 1.11. The maximum absolute atomic E-state index is 11.1. The van der Waals surface area contributed by atoms with Crippen molar-refractivity contribution in [3.8, 4) is 0 Å². The molecule has 1 saturated heterocycles. The fourth-order valence-corrected chi connectivity index (χ4v) is 2.49. The molecular formula is C13H17BrN2O. The number of hydrogen-bond donors (Lipinski definition) is 1.